The molecule has 3 aliphatic rings. The summed E-state index contributed by atoms with van der Waals surface area (Å²) in [5, 5.41) is 2.94. The minimum Gasteiger partial charge on any atom is -0.493 e. The molecular formula is C17H22N2O4S. The van der Waals surface area contributed by atoms with Crippen molar-refractivity contribution in [1.82, 2.24) is 4.90 Å². The first-order chi connectivity index (χ1) is 11.5. The van der Waals surface area contributed by atoms with Crippen LogP contribution < -0.4 is 10.1 Å². The predicted molar refractivity (Wildman–Crippen MR) is 91.2 cm³/mol. The Morgan fingerprint density at radius 1 is 1.21 bits per heavy atom. The van der Waals surface area contributed by atoms with E-state index in [1.807, 2.05) is 18.2 Å². The number of fused-ring (bicyclic) bond motifs is 1. The standard InChI is InChI=1S/C17H22N2O4S/c20-16(18-14-3-1-4-15-13(14)5-11-23-15)19-9-8-17(6-2-7-17)24(21,22)12-10-19/h1,3-4H,2,5-12H2,(H,18,20). The van der Waals surface area contributed by atoms with Crippen molar-refractivity contribution < 1.29 is 17.9 Å². The van der Waals surface area contributed by atoms with Crippen molar-refractivity contribution in [1.29, 1.82) is 0 Å². The number of nitrogens with one attached hydrogen (secondary N) is 1. The molecule has 4 rings (SSSR count). The first-order valence-electron chi connectivity index (χ1n) is 8.54. The van der Waals surface area contributed by atoms with E-state index in [1.54, 1.807) is 4.90 Å². The highest BCUT2D eigenvalue weighted by atomic mass is 32.2. The molecule has 7 heteroatoms. The SMILES string of the molecule is O=C(Nc1cccc2c1CCO2)N1CCC2(CCC2)S(=O)(=O)CC1. The molecule has 2 heterocycles. The van der Waals surface area contributed by atoms with Gasteiger partial charge in [-0.25, -0.2) is 13.2 Å². The molecular weight excluding hydrogens is 328 g/mol. The Morgan fingerprint density at radius 2 is 2.04 bits per heavy atom. The number of anilines is 1. The van der Waals surface area contributed by atoms with Crippen LogP contribution in [0.4, 0.5) is 10.5 Å². The lowest BCUT2D eigenvalue weighted by molar-refractivity contribution is 0.209. The number of amides is 2. The minimum absolute atomic E-state index is 0.0659. The summed E-state index contributed by atoms with van der Waals surface area (Å²) in [7, 11) is -3.11. The maximum absolute atomic E-state index is 12.6. The van der Waals surface area contributed by atoms with Gasteiger partial charge in [0.1, 0.15) is 5.75 Å². The maximum Gasteiger partial charge on any atom is 0.321 e. The quantitative estimate of drug-likeness (QED) is 0.842. The maximum atomic E-state index is 12.6. The Kier molecular flexibility index (Phi) is 3.71. The molecule has 0 bridgehead atoms. The first-order valence-corrected chi connectivity index (χ1v) is 10.2. The van der Waals surface area contributed by atoms with Gasteiger partial charge in [0, 0.05) is 30.8 Å². The Morgan fingerprint density at radius 3 is 2.79 bits per heavy atom. The van der Waals surface area contributed by atoms with E-state index in [9.17, 15) is 13.2 Å². The number of carbonyl (C=O) groups is 1. The molecule has 1 aromatic carbocycles. The van der Waals surface area contributed by atoms with E-state index in [0.29, 0.717) is 19.6 Å². The van der Waals surface area contributed by atoms with E-state index in [1.165, 1.54) is 0 Å². The van der Waals surface area contributed by atoms with Gasteiger partial charge < -0.3 is 15.0 Å². The Balaban J connectivity index is 1.49. The minimum atomic E-state index is -3.11. The lowest BCUT2D eigenvalue weighted by Crippen LogP contribution is -2.46. The van der Waals surface area contributed by atoms with Gasteiger partial charge in [0.2, 0.25) is 0 Å². The molecule has 0 radical (unpaired) electrons. The van der Waals surface area contributed by atoms with Gasteiger partial charge in [-0.3, -0.25) is 0 Å². The number of carbonyl (C=O) groups excluding carboxylic acids is 1. The van der Waals surface area contributed by atoms with E-state index < -0.39 is 14.6 Å². The highest BCUT2D eigenvalue weighted by molar-refractivity contribution is 7.92. The molecule has 2 aliphatic heterocycles. The normalized spacial score (nSPS) is 23.8. The van der Waals surface area contributed by atoms with Gasteiger partial charge in [-0.05, 0) is 31.4 Å². The van der Waals surface area contributed by atoms with Crippen molar-refractivity contribution >= 4 is 21.6 Å². The first kappa shape index (κ1) is 15.7. The van der Waals surface area contributed by atoms with Crippen LogP contribution in [0.15, 0.2) is 18.2 Å². The van der Waals surface area contributed by atoms with E-state index in [0.717, 1.165) is 42.7 Å². The molecule has 2 fully saturated rings. The molecule has 6 nitrogen and oxygen atoms in total. The number of urea groups is 1. The summed E-state index contributed by atoms with van der Waals surface area (Å²) in [5.74, 6) is 0.885. The van der Waals surface area contributed by atoms with Crippen LogP contribution >= 0.6 is 0 Å². The third-order valence-corrected chi connectivity index (χ3v) is 8.32. The molecule has 1 aromatic rings. The molecule has 1 N–H and O–H groups in total. The van der Waals surface area contributed by atoms with E-state index in [-0.39, 0.29) is 18.3 Å². The number of benzene rings is 1. The summed E-state index contributed by atoms with van der Waals surface area (Å²) in [6.45, 7) is 1.39. The lowest BCUT2D eigenvalue weighted by atomic mass is 9.81. The number of ether oxygens (including phenoxy) is 1. The second-order valence-corrected chi connectivity index (χ2v) is 9.41. The van der Waals surface area contributed by atoms with Gasteiger partial charge in [-0.1, -0.05) is 12.5 Å². The molecule has 0 unspecified atom stereocenters. The predicted octanol–water partition coefficient (Wildman–Crippen LogP) is 2.20. The number of hydrogen-bond acceptors (Lipinski definition) is 4. The van der Waals surface area contributed by atoms with Gasteiger partial charge in [0.25, 0.3) is 0 Å². The van der Waals surface area contributed by atoms with Crippen LogP contribution in [0.5, 0.6) is 5.75 Å². The van der Waals surface area contributed by atoms with Crippen LogP contribution in [0, 0.1) is 0 Å². The highest BCUT2D eigenvalue weighted by Gasteiger charge is 2.49. The molecule has 130 valence electrons. The van der Waals surface area contributed by atoms with Crippen LogP contribution in [0.1, 0.15) is 31.2 Å². The van der Waals surface area contributed by atoms with E-state index >= 15 is 0 Å². The van der Waals surface area contributed by atoms with Gasteiger partial charge in [0.15, 0.2) is 9.84 Å². The molecule has 1 spiro atoms. The highest BCUT2D eigenvalue weighted by Crippen LogP contribution is 2.44. The molecule has 2 amide bonds. The van der Waals surface area contributed by atoms with Crippen molar-refractivity contribution in [2.75, 3.05) is 30.8 Å². The van der Waals surface area contributed by atoms with Crippen molar-refractivity contribution in [3.8, 4) is 5.75 Å². The summed E-state index contributed by atoms with van der Waals surface area (Å²) in [6, 6.07) is 5.40. The number of nitrogens with zero attached hydrogens (tertiary/aromatic N) is 1. The topological polar surface area (TPSA) is 75.7 Å². The van der Waals surface area contributed by atoms with Crippen LogP contribution in [-0.4, -0.2) is 49.5 Å². The fraction of sp³-hybridized carbons (Fsp3) is 0.588. The van der Waals surface area contributed by atoms with Crippen molar-refractivity contribution in [2.24, 2.45) is 0 Å². The average molecular weight is 350 g/mol. The van der Waals surface area contributed by atoms with Gasteiger partial charge in [0.05, 0.1) is 17.1 Å². The molecule has 0 atom stereocenters. The molecule has 1 saturated carbocycles. The summed E-state index contributed by atoms with van der Waals surface area (Å²) >= 11 is 0. The van der Waals surface area contributed by atoms with Crippen molar-refractivity contribution in [3.05, 3.63) is 23.8 Å². The van der Waals surface area contributed by atoms with Crippen LogP contribution in [0.25, 0.3) is 0 Å². The van der Waals surface area contributed by atoms with Crippen LogP contribution in [0.3, 0.4) is 0 Å². The van der Waals surface area contributed by atoms with Crippen molar-refractivity contribution in [3.63, 3.8) is 0 Å². The molecule has 1 saturated heterocycles. The zero-order valence-corrected chi connectivity index (χ0v) is 14.4. The smallest absolute Gasteiger partial charge is 0.321 e. The van der Waals surface area contributed by atoms with Gasteiger partial charge >= 0.3 is 6.03 Å². The fourth-order valence-corrected chi connectivity index (χ4v) is 6.13. The van der Waals surface area contributed by atoms with Gasteiger partial charge in [-0.15, -0.1) is 0 Å². The average Bonchev–Trinajstić information content (AvgIpc) is 2.92. The molecule has 24 heavy (non-hydrogen) atoms. The summed E-state index contributed by atoms with van der Waals surface area (Å²) in [5.41, 5.74) is 1.78. The lowest BCUT2D eigenvalue weighted by Gasteiger charge is -2.39. The van der Waals surface area contributed by atoms with E-state index in [4.69, 9.17) is 4.74 Å². The largest absolute Gasteiger partial charge is 0.493 e. The zero-order valence-electron chi connectivity index (χ0n) is 13.6. The van der Waals surface area contributed by atoms with E-state index in [2.05, 4.69) is 5.32 Å². The molecule has 1 aliphatic carbocycles. The fourth-order valence-electron chi connectivity index (χ4n) is 3.92. The second-order valence-electron chi connectivity index (χ2n) is 6.90. The Bertz CT molecular complexity index is 771. The monoisotopic (exact) mass is 350 g/mol. The molecule has 0 aromatic heterocycles. The van der Waals surface area contributed by atoms with Crippen LogP contribution in [0.2, 0.25) is 0 Å². The number of hydrogen-bond donors (Lipinski definition) is 1. The summed E-state index contributed by atoms with van der Waals surface area (Å²) < 4.78 is 30.0. The number of sulfone groups is 1. The Hall–Kier alpha value is -1.76. The second kappa shape index (κ2) is 5.65. The number of rotatable bonds is 1. The van der Waals surface area contributed by atoms with Crippen LogP contribution in [-0.2, 0) is 16.3 Å². The Labute approximate surface area is 142 Å². The summed E-state index contributed by atoms with van der Waals surface area (Å²) in [6.07, 6.45) is 3.80. The van der Waals surface area contributed by atoms with Crippen molar-refractivity contribution in [2.45, 2.75) is 36.9 Å². The summed E-state index contributed by atoms with van der Waals surface area (Å²) in [4.78, 5) is 14.3. The zero-order chi connectivity index (χ0) is 16.8. The third-order valence-electron chi connectivity index (χ3n) is 5.66. The van der Waals surface area contributed by atoms with Gasteiger partial charge in [-0.2, -0.15) is 0 Å². The third kappa shape index (κ3) is 2.46.